The molecule has 3 aliphatic rings. The Morgan fingerprint density at radius 2 is 1.95 bits per heavy atom. The molecule has 5 heterocycles. The van der Waals surface area contributed by atoms with E-state index in [9.17, 15) is 9.59 Å². The van der Waals surface area contributed by atoms with E-state index in [4.69, 9.17) is 14.5 Å². The Balaban J connectivity index is 1.25. The molecule has 198 valence electrons. The maximum absolute atomic E-state index is 12.4. The zero-order valence-electron chi connectivity index (χ0n) is 22.3. The molecule has 2 fully saturated rings. The minimum absolute atomic E-state index is 0.0505. The Morgan fingerprint density at radius 1 is 1.16 bits per heavy atom. The van der Waals surface area contributed by atoms with E-state index in [1.165, 1.54) is 0 Å². The molecule has 1 atom stereocenters. The molecule has 0 radical (unpaired) electrons. The van der Waals surface area contributed by atoms with Gasteiger partial charge in [-0.1, -0.05) is 20.3 Å². The highest BCUT2D eigenvalue weighted by Crippen LogP contribution is 2.38. The summed E-state index contributed by atoms with van der Waals surface area (Å²) in [6.45, 7) is 9.18. The number of rotatable bonds is 7. The highest BCUT2D eigenvalue weighted by Gasteiger charge is 2.41. The third kappa shape index (κ3) is 4.44. The van der Waals surface area contributed by atoms with Gasteiger partial charge in [0.15, 0.2) is 0 Å². The quantitative estimate of drug-likeness (QED) is 0.449. The number of fused-ring (bicyclic) bond motifs is 2. The Kier molecular flexibility index (Phi) is 5.96. The number of pyridine rings is 3. The molecule has 0 bridgehead atoms. The second-order valence-electron chi connectivity index (χ2n) is 11.2. The van der Waals surface area contributed by atoms with Crippen LogP contribution in [0.25, 0.3) is 10.8 Å². The van der Waals surface area contributed by atoms with Crippen molar-refractivity contribution >= 4 is 34.3 Å². The van der Waals surface area contributed by atoms with Crippen molar-refractivity contribution in [3.63, 3.8) is 0 Å². The number of esters is 1. The number of anilines is 2. The first kappa shape index (κ1) is 24.6. The lowest BCUT2D eigenvalue weighted by atomic mass is 9.84. The van der Waals surface area contributed by atoms with Gasteiger partial charge in [-0.05, 0) is 62.3 Å². The standard InChI is InChI=1S/C29H33N5O4/c1-5-6-18-12-31-26(37-19-14-34(15-19)27(35)17-7-8-17)22-13-30-24(11-21(18)22)32-23-10-9-20-25(33-23)16(2)29(3,4)38-28(20)36/h9-13,16-17,19H,5-8,14-15H2,1-4H3,(H,30,32,33). The molecule has 9 heteroatoms. The van der Waals surface area contributed by atoms with Crippen LogP contribution >= 0.6 is 0 Å². The predicted molar refractivity (Wildman–Crippen MR) is 143 cm³/mol. The summed E-state index contributed by atoms with van der Waals surface area (Å²) >= 11 is 0. The number of carbonyl (C=O) groups is 2. The van der Waals surface area contributed by atoms with Crippen LogP contribution in [0, 0.1) is 5.92 Å². The van der Waals surface area contributed by atoms with E-state index in [-0.39, 0.29) is 29.8 Å². The van der Waals surface area contributed by atoms with Crippen LogP contribution in [-0.2, 0) is 16.0 Å². The number of nitrogens with zero attached hydrogens (tertiary/aromatic N) is 4. The largest absolute Gasteiger partial charge is 0.470 e. The van der Waals surface area contributed by atoms with Gasteiger partial charge in [0.25, 0.3) is 0 Å². The van der Waals surface area contributed by atoms with Crippen LogP contribution in [-0.4, -0.2) is 56.5 Å². The third-order valence-corrected chi connectivity index (χ3v) is 7.91. The molecule has 9 nitrogen and oxygen atoms in total. The minimum atomic E-state index is -0.627. The lowest BCUT2D eigenvalue weighted by Crippen LogP contribution is -2.56. The normalized spacial score (nSPS) is 20.5. The van der Waals surface area contributed by atoms with Crippen LogP contribution in [0.3, 0.4) is 0 Å². The molecule has 1 saturated heterocycles. The number of nitrogens with one attached hydrogen (secondary N) is 1. The fourth-order valence-corrected chi connectivity index (χ4v) is 5.13. The summed E-state index contributed by atoms with van der Waals surface area (Å²) < 4.78 is 11.8. The van der Waals surface area contributed by atoms with E-state index in [1.54, 1.807) is 18.3 Å². The van der Waals surface area contributed by atoms with Crippen molar-refractivity contribution in [2.45, 2.75) is 71.0 Å². The van der Waals surface area contributed by atoms with Crippen LogP contribution < -0.4 is 10.1 Å². The Hall–Kier alpha value is -3.75. The number of amides is 1. The van der Waals surface area contributed by atoms with E-state index in [2.05, 4.69) is 22.2 Å². The molecule has 6 rings (SSSR count). The molecule has 1 aliphatic carbocycles. The summed E-state index contributed by atoms with van der Waals surface area (Å²) in [5, 5.41) is 5.19. The number of likely N-dealkylation sites (tertiary alicyclic amines) is 1. The molecule has 3 aromatic rings. The summed E-state index contributed by atoms with van der Waals surface area (Å²) in [7, 11) is 0. The molecule has 1 amide bonds. The first-order valence-corrected chi connectivity index (χ1v) is 13.5. The smallest absolute Gasteiger partial charge is 0.340 e. The number of aromatic nitrogens is 3. The number of hydrogen-bond acceptors (Lipinski definition) is 8. The minimum Gasteiger partial charge on any atom is -0.470 e. The molecule has 1 N–H and O–H groups in total. The number of hydrogen-bond donors (Lipinski definition) is 1. The molecule has 38 heavy (non-hydrogen) atoms. The average molecular weight is 516 g/mol. The molecule has 1 saturated carbocycles. The van der Waals surface area contributed by atoms with Gasteiger partial charge < -0.3 is 19.7 Å². The molecule has 1 unspecified atom stereocenters. The number of carbonyl (C=O) groups excluding carboxylic acids is 2. The van der Waals surface area contributed by atoms with Crippen molar-refractivity contribution in [1.82, 2.24) is 19.9 Å². The monoisotopic (exact) mass is 515 g/mol. The summed E-state index contributed by atoms with van der Waals surface area (Å²) in [6, 6.07) is 5.53. The fourth-order valence-electron chi connectivity index (χ4n) is 5.13. The van der Waals surface area contributed by atoms with E-state index in [0.717, 1.165) is 47.7 Å². The van der Waals surface area contributed by atoms with Crippen LogP contribution in [0.2, 0.25) is 0 Å². The van der Waals surface area contributed by atoms with Gasteiger partial charge in [-0.15, -0.1) is 0 Å². The van der Waals surface area contributed by atoms with Gasteiger partial charge in [0.1, 0.15) is 23.3 Å². The summed E-state index contributed by atoms with van der Waals surface area (Å²) in [5.74, 6) is 1.89. The van der Waals surface area contributed by atoms with Crippen molar-refractivity contribution in [2.75, 3.05) is 18.4 Å². The Morgan fingerprint density at radius 3 is 2.68 bits per heavy atom. The van der Waals surface area contributed by atoms with E-state index in [1.807, 2.05) is 37.9 Å². The predicted octanol–water partition coefficient (Wildman–Crippen LogP) is 4.77. The topological polar surface area (TPSA) is 107 Å². The molecule has 3 aromatic heterocycles. The lowest BCUT2D eigenvalue weighted by molar-refractivity contribution is -0.141. The maximum atomic E-state index is 12.4. The van der Waals surface area contributed by atoms with Gasteiger partial charge in [0, 0.05) is 24.2 Å². The second-order valence-corrected chi connectivity index (χ2v) is 11.2. The fraction of sp³-hybridized carbons (Fsp3) is 0.483. The zero-order valence-corrected chi connectivity index (χ0v) is 22.3. The highest BCUT2D eigenvalue weighted by molar-refractivity contribution is 5.93. The van der Waals surface area contributed by atoms with Gasteiger partial charge in [0.05, 0.1) is 29.7 Å². The highest BCUT2D eigenvalue weighted by atomic mass is 16.6. The summed E-state index contributed by atoms with van der Waals surface area (Å²) in [5.41, 5.74) is 1.72. The van der Waals surface area contributed by atoms with Crippen molar-refractivity contribution < 1.29 is 19.1 Å². The second kappa shape index (κ2) is 9.22. The Labute approximate surface area is 222 Å². The van der Waals surface area contributed by atoms with E-state index >= 15 is 0 Å². The molecule has 2 aliphatic heterocycles. The zero-order chi connectivity index (χ0) is 26.6. The van der Waals surface area contributed by atoms with Gasteiger partial charge in [-0.25, -0.2) is 19.7 Å². The SMILES string of the molecule is CCCc1cnc(OC2CN(C(=O)C3CC3)C2)c2cnc(Nc3ccc4c(n3)C(C)C(C)(C)OC4=O)cc12. The van der Waals surface area contributed by atoms with Crippen LogP contribution in [0.15, 0.2) is 30.6 Å². The van der Waals surface area contributed by atoms with Crippen molar-refractivity contribution in [3.05, 3.63) is 47.4 Å². The van der Waals surface area contributed by atoms with Gasteiger partial charge >= 0.3 is 5.97 Å². The number of cyclic esters (lactones) is 1. The first-order valence-electron chi connectivity index (χ1n) is 13.5. The first-order chi connectivity index (χ1) is 18.2. The molecule has 0 aromatic carbocycles. The Bertz CT molecular complexity index is 1430. The number of aryl methyl sites for hydroxylation is 1. The van der Waals surface area contributed by atoms with Gasteiger partial charge in [0.2, 0.25) is 11.8 Å². The van der Waals surface area contributed by atoms with Gasteiger partial charge in [-0.2, -0.15) is 0 Å². The lowest BCUT2D eigenvalue weighted by Gasteiger charge is -2.39. The average Bonchev–Trinajstić information content (AvgIpc) is 3.71. The molecule has 0 spiro atoms. The molecular formula is C29H33N5O4. The number of ether oxygens (including phenoxy) is 2. The van der Waals surface area contributed by atoms with Crippen LogP contribution in [0.4, 0.5) is 11.6 Å². The van der Waals surface area contributed by atoms with Gasteiger partial charge in [-0.3, -0.25) is 4.79 Å². The third-order valence-electron chi connectivity index (χ3n) is 7.91. The van der Waals surface area contributed by atoms with Crippen molar-refractivity contribution in [1.29, 1.82) is 0 Å². The van der Waals surface area contributed by atoms with Crippen molar-refractivity contribution in [3.8, 4) is 5.88 Å². The molecular weight excluding hydrogens is 482 g/mol. The van der Waals surface area contributed by atoms with E-state index < -0.39 is 5.60 Å². The maximum Gasteiger partial charge on any atom is 0.340 e. The van der Waals surface area contributed by atoms with E-state index in [0.29, 0.717) is 36.2 Å². The summed E-state index contributed by atoms with van der Waals surface area (Å²) in [6.07, 6.45) is 7.50. The summed E-state index contributed by atoms with van der Waals surface area (Å²) in [4.78, 5) is 40.6. The van der Waals surface area contributed by atoms with Crippen LogP contribution in [0.1, 0.15) is 74.5 Å². The van der Waals surface area contributed by atoms with Crippen LogP contribution in [0.5, 0.6) is 5.88 Å². The van der Waals surface area contributed by atoms with Crippen molar-refractivity contribution in [2.24, 2.45) is 5.92 Å².